The monoisotopic (exact) mass is 512 g/mol. The number of nitrogens with one attached hydrogen (secondary N) is 1. The number of hydrogen-bond donors (Lipinski definition) is 1. The summed E-state index contributed by atoms with van der Waals surface area (Å²) in [6.07, 6.45) is 2.51. The van der Waals surface area contributed by atoms with E-state index in [2.05, 4.69) is 10.4 Å². The molecule has 0 spiro atoms. The maximum Gasteiger partial charge on any atom is 0.410 e. The van der Waals surface area contributed by atoms with Crippen molar-refractivity contribution in [1.29, 1.82) is 0 Å². The zero-order chi connectivity index (χ0) is 25.9. The molecule has 1 aliphatic heterocycles. The fraction of sp³-hybridized carbons (Fsp3) is 0.370. The van der Waals surface area contributed by atoms with E-state index in [0.29, 0.717) is 42.2 Å². The maximum absolute atomic E-state index is 13.3. The van der Waals surface area contributed by atoms with E-state index in [9.17, 15) is 14.0 Å². The number of nitrogens with zero attached hydrogens (tertiary/aromatic N) is 3. The smallest absolute Gasteiger partial charge is 0.410 e. The Hall–Kier alpha value is -3.39. The molecule has 0 bridgehead atoms. The van der Waals surface area contributed by atoms with E-state index in [-0.39, 0.29) is 30.3 Å². The van der Waals surface area contributed by atoms with Gasteiger partial charge >= 0.3 is 6.09 Å². The van der Waals surface area contributed by atoms with Crippen molar-refractivity contribution < 1.29 is 18.7 Å². The Bertz CT molecular complexity index is 1230. The molecule has 0 radical (unpaired) electrons. The van der Waals surface area contributed by atoms with Crippen LogP contribution in [-0.4, -0.2) is 45.4 Å². The van der Waals surface area contributed by atoms with Crippen molar-refractivity contribution in [2.75, 3.05) is 13.1 Å². The van der Waals surface area contributed by atoms with E-state index in [4.69, 9.17) is 16.3 Å². The summed E-state index contributed by atoms with van der Waals surface area (Å²) in [6.45, 7) is 6.80. The number of carbonyl (C=O) groups is 2. The van der Waals surface area contributed by atoms with Crippen molar-refractivity contribution in [3.63, 3.8) is 0 Å². The maximum atomic E-state index is 13.3. The highest BCUT2D eigenvalue weighted by Gasteiger charge is 2.32. The van der Waals surface area contributed by atoms with E-state index in [0.717, 1.165) is 11.3 Å². The third kappa shape index (κ3) is 6.05. The number of hydrogen-bond acceptors (Lipinski definition) is 4. The van der Waals surface area contributed by atoms with Crippen LogP contribution in [0.2, 0.25) is 5.02 Å². The Morgan fingerprint density at radius 3 is 2.42 bits per heavy atom. The van der Waals surface area contributed by atoms with Gasteiger partial charge in [0.05, 0.1) is 28.2 Å². The predicted octanol–water partition coefficient (Wildman–Crippen LogP) is 5.71. The lowest BCUT2D eigenvalue weighted by molar-refractivity contribution is 0.0203. The van der Waals surface area contributed by atoms with Crippen molar-refractivity contribution >= 4 is 23.6 Å². The van der Waals surface area contributed by atoms with Gasteiger partial charge in [0.2, 0.25) is 0 Å². The quantitative estimate of drug-likeness (QED) is 0.475. The Kier molecular flexibility index (Phi) is 7.64. The third-order valence-corrected chi connectivity index (χ3v) is 6.35. The van der Waals surface area contributed by atoms with Crippen LogP contribution in [0.4, 0.5) is 9.18 Å². The van der Waals surface area contributed by atoms with Crippen molar-refractivity contribution in [2.45, 2.75) is 51.7 Å². The fourth-order valence-corrected chi connectivity index (χ4v) is 4.50. The standard InChI is InChI=1S/C27H30ClFN4O3/c1-27(2,3)36-26(35)32-14-12-19(13-15-32)24-21(17-31-33(24)23-7-5-4-6-22(23)28)25(34)30-16-18-8-10-20(29)11-9-18/h4-11,17,19H,12-16H2,1-3H3,(H,30,34). The van der Waals surface area contributed by atoms with E-state index >= 15 is 0 Å². The normalized spacial score (nSPS) is 14.5. The van der Waals surface area contributed by atoms with Crippen molar-refractivity contribution in [3.05, 3.63) is 82.4 Å². The van der Waals surface area contributed by atoms with Gasteiger partial charge in [-0.3, -0.25) is 4.79 Å². The molecule has 2 aromatic carbocycles. The predicted molar refractivity (Wildman–Crippen MR) is 136 cm³/mol. The lowest BCUT2D eigenvalue weighted by atomic mass is 9.90. The molecule has 0 aliphatic carbocycles. The number of aromatic nitrogens is 2. The largest absolute Gasteiger partial charge is 0.444 e. The van der Waals surface area contributed by atoms with Gasteiger partial charge in [-0.15, -0.1) is 0 Å². The summed E-state index contributed by atoms with van der Waals surface area (Å²) in [5, 5.41) is 7.96. The SMILES string of the molecule is CC(C)(C)OC(=O)N1CCC(c2c(C(=O)NCc3ccc(F)cc3)cnn2-c2ccccc2Cl)CC1. The second-order valence-corrected chi connectivity index (χ2v) is 10.3. The molecule has 190 valence electrons. The van der Waals surface area contributed by atoms with Gasteiger partial charge in [-0.25, -0.2) is 13.9 Å². The van der Waals surface area contributed by atoms with Gasteiger partial charge in [0.1, 0.15) is 11.4 Å². The molecule has 1 aliphatic rings. The lowest BCUT2D eigenvalue weighted by Gasteiger charge is -2.34. The summed E-state index contributed by atoms with van der Waals surface area (Å²) in [4.78, 5) is 27.5. The number of para-hydroxylation sites is 1. The van der Waals surface area contributed by atoms with Crippen molar-refractivity contribution in [3.8, 4) is 5.69 Å². The van der Waals surface area contributed by atoms with Gasteiger partial charge in [0.25, 0.3) is 5.91 Å². The molecule has 3 aromatic rings. The summed E-state index contributed by atoms with van der Waals surface area (Å²) >= 11 is 6.48. The van der Waals surface area contributed by atoms with Gasteiger partial charge < -0.3 is 15.0 Å². The second kappa shape index (κ2) is 10.7. The molecule has 2 heterocycles. The molecule has 9 heteroatoms. The second-order valence-electron chi connectivity index (χ2n) is 9.86. The topological polar surface area (TPSA) is 76.5 Å². The molecule has 1 N–H and O–H groups in total. The first kappa shape index (κ1) is 25.7. The number of amides is 2. The van der Waals surface area contributed by atoms with E-state index in [1.54, 1.807) is 34.0 Å². The lowest BCUT2D eigenvalue weighted by Crippen LogP contribution is -2.41. The van der Waals surface area contributed by atoms with Crippen molar-refractivity contribution in [1.82, 2.24) is 20.0 Å². The minimum Gasteiger partial charge on any atom is -0.444 e. The number of benzene rings is 2. The third-order valence-electron chi connectivity index (χ3n) is 6.03. The summed E-state index contributed by atoms with van der Waals surface area (Å²) in [5.74, 6) is -0.623. The van der Waals surface area contributed by atoms with Crippen molar-refractivity contribution in [2.24, 2.45) is 0 Å². The molecule has 0 atom stereocenters. The van der Waals surface area contributed by atoms with Gasteiger partial charge in [0, 0.05) is 25.6 Å². The molecule has 7 nitrogen and oxygen atoms in total. The van der Waals surface area contributed by atoms with Gasteiger partial charge in [0.15, 0.2) is 0 Å². The molecule has 36 heavy (non-hydrogen) atoms. The van der Waals surface area contributed by atoms with Crippen LogP contribution in [0.3, 0.4) is 0 Å². The van der Waals surface area contributed by atoms with E-state index in [1.807, 2.05) is 39.0 Å². The zero-order valence-corrected chi connectivity index (χ0v) is 21.4. The summed E-state index contributed by atoms with van der Waals surface area (Å²) in [5.41, 5.74) is 2.11. The molecule has 0 saturated carbocycles. The number of rotatable bonds is 5. The number of likely N-dealkylation sites (tertiary alicyclic amines) is 1. The van der Waals surface area contributed by atoms with Gasteiger partial charge in [-0.05, 0) is 63.4 Å². The van der Waals surface area contributed by atoms with Crippen LogP contribution in [-0.2, 0) is 11.3 Å². The fourth-order valence-electron chi connectivity index (χ4n) is 4.28. The Balaban J connectivity index is 1.57. The average Bonchev–Trinajstić information content (AvgIpc) is 3.28. The average molecular weight is 513 g/mol. The molecule has 0 unspecified atom stereocenters. The van der Waals surface area contributed by atoms with Crippen LogP contribution in [0.25, 0.3) is 5.69 Å². The number of halogens is 2. The summed E-state index contributed by atoms with van der Waals surface area (Å²) in [6, 6.07) is 13.3. The van der Waals surface area contributed by atoms with Crippen LogP contribution >= 0.6 is 11.6 Å². The summed E-state index contributed by atoms with van der Waals surface area (Å²) in [7, 11) is 0. The first-order chi connectivity index (χ1) is 17.1. The highest BCUT2D eigenvalue weighted by Crippen LogP contribution is 2.34. The number of ether oxygens (including phenoxy) is 1. The molecule has 1 aromatic heterocycles. The van der Waals surface area contributed by atoms with E-state index in [1.165, 1.54) is 12.1 Å². The minimum absolute atomic E-state index is 0.0194. The molecule has 2 amide bonds. The van der Waals surface area contributed by atoms with Crippen LogP contribution in [0.15, 0.2) is 54.7 Å². The number of carbonyl (C=O) groups excluding carboxylic acids is 2. The van der Waals surface area contributed by atoms with Crippen LogP contribution in [0.5, 0.6) is 0 Å². The van der Waals surface area contributed by atoms with Crippen LogP contribution < -0.4 is 5.32 Å². The van der Waals surface area contributed by atoms with Gasteiger partial charge in [-0.2, -0.15) is 5.10 Å². The highest BCUT2D eigenvalue weighted by atomic mass is 35.5. The first-order valence-electron chi connectivity index (χ1n) is 12.0. The van der Waals surface area contributed by atoms with Crippen LogP contribution in [0, 0.1) is 5.82 Å². The molecule has 1 fully saturated rings. The summed E-state index contributed by atoms with van der Waals surface area (Å²) < 4.78 is 20.5. The zero-order valence-electron chi connectivity index (χ0n) is 20.6. The Morgan fingerprint density at radius 1 is 1.11 bits per heavy atom. The Labute approximate surface area is 215 Å². The molecule has 1 saturated heterocycles. The number of piperidine rings is 1. The highest BCUT2D eigenvalue weighted by molar-refractivity contribution is 6.32. The first-order valence-corrected chi connectivity index (χ1v) is 12.3. The van der Waals surface area contributed by atoms with Crippen LogP contribution in [0.1, 0.15) is 61.1 Å². The molecule has 4 rings (SSSR count). The van der Waals surface area contributed by atoms with Gasteiger partial charge in [-0.1, -0.05) is 35.9 Å². The molecular formula is C27H30ClFN4O3. The molecular weight excluding hydrogens is 483 g/mol. The minimum atomic E-state index is -0.563. The van der Waals surface area contributed by atoms with E-state index < -0.39 is 5.60 Å². The Morgan fingerprint density at radius 2 is 1.78 bits per heavy atom.